The minimum absolute atomic E-state index is 0.0355. The van der Waals surface area contributed by atoms with Crippen molar-refractivity contribution in [1.82, 2.24) is 19.8 Å². The molecule has 0 saturated carbocycles. The molecule has 1 aromatic carbocycles. The third-order valence-corrected chi connectivity index (χ3v) is 6.27. The molecule has 7 nitrogen and oxygen atoms in total. The lowest BCUT2D eigenvalue weighted by Crippen LogP contribution is -2.40. The van der Waals surface area contributed by atoms with E-state index >= 15 is 0 Å². The van der Waals surface area contributed by atoms with Gasteiger partial charge in [-0.2, -0.15) is 0 Å². The zero-order valence-electron chi connectivity index (χ0n) is 18.0. The highest BCUT2D eigenvalue weighted by Gasteiger charge is 2.33. The van der Waals surface area contributed by atoms with Gasteiger partial charge in [0.1, 0.15) is 11.6 Å². The summed E-state index contributed by atoms with van der Waals surface area (Å²) in [5.74, 6) is 1.38. The fourth-order valence-electron chi connectivity index (χ4n) is 4.53. The molecule has 2 aliphatic rings. The molecule has 0 bridgehead atoms. The standard InChI is InChI=1S/C23H30N4O3/c1-15(2)26-12-10-18-17(14-26)23(29)25-22(24-18)19-8-6-11-27(19)21(28)13-16-7-4-5-9-20(16)30-3/h4-5,7,9,15,19H,6,8,10-14H2,1-3H3,(H,24,25,29)/t19-/m0/s1. The number of amides is 1. The van der Waals surface area contributed by atoms with E-state index in [1.54, 1.807) is 7.11 Å². The van der Waals surface area contributed by atoms with Crippen molar-refractivity contribution in [1.29, 1.82) is 0 Å². The van der Waals surface area contributed by atoms with Crippen LogP contribution in [0, 0.1) is 0 Å². The van der Waals surface area contributed by atoms with E-state index in [1.807, 2.05) is 29.2 Å². The maximum absolute atomic E-state index is 13.1. The Bertz CT molecular complexity index is 985. The van der Waals surface area contributed by atoms with Crippen LogP contribution < -0.4 is 10.3 Å². The number of hydrogen-bond donors (Lipinski definition) is 1. The van der Waals surface area contributed by atoms with E-state index in [-0.39, 0.29) is 23.9 Å². The molecular weight excluding hydrogens is 380 g/mol. The van der Waals surface area contributed by atoms with Crippen LogP contribution in [-0.2, 0) is 24.2 Å². The Morgan fingerprint density at radius 2 is 2.10 bits per heavy atom. The summed E-state index contributed by atoms with van der Waals surface area (Å²) in [4.78, 5) is 37.9. The third-order valence-electron chi connectivity index (χ3n) is 6.27. The maximum atomic E-state index is 13.1. The first-order chi connectivity index (χ1) is 14.5. The fraction of sp³-hybridized carbons (Fsp3) is 0.522. The number of hydrogen-bond acceptors (Lipinski definition) is 5. The Morgan fingerprint density at radius 1 is 1.30 bits per heavy atom. The summed E-state index contributed by atoms with van der Waals surface area (Å²) in [6.07, 6.45) is 2.77. The number of nitrogens with zero attached hydrogens (tertiary/aromatic N) is 3. The van der Waals surface area contributed by atoms with E-state index in [4.69, 9.17) is 9.72 Å². The van der Waals surface area contributed by atoms with Crippen LogP contribution in [0.1, 0.15) is 55.4 Å². The molecule has 0 unspecified atom stereocenters. The van der Waals surface area contributed by atoms with Gasteiger partial charge in [-0.05, 0) is 32.8 Å². The highest BCUT2D eigenvalue weighted by Crippen LogP contribution is 2.31. The second kappa shape index (κ2) is 8.60. The SMILES string of the molecule is COc1ccccc1CC(=O)N1CCC[C@H]1c1nc2c(c(=O)[nH]1)CN(C(C)C)CC2. The number of carbonyl (C=O) groups excluding carboxylic acids is 1. The Balaban J connectivity index is 1.56. The summed E-state index contributed by atoms with van der Waals surface area (Å²) in [7, 11) is 1.62. The molecule has 1 saturated heterocycles. The van der Waals surface area contributed by atoms with Crippen molar-refractivity contribution in [3.05, 3.63) is 57.3 Å². The molecule has 2 aliphatic heterocycles. The van der Waals surface area contributed by atoms with Crippen LogP contribution in [0.2, 0.25) is 0 Å². The van der Waals surface area contributed by atoms with Crippen molar-refractivity contribution in [2.75, 3.05) is 20.2 Å². The van der Waals surface area contributed by atoms with Crippen molar-refractivity contribution >= 4 is 5.91 Å². The van der Waals surface area contributed by atoms with E-state index < -0.39 is 0 Å². The topological polar surface area (TPSA) is 78.5 Å². The molecule has 4 rings (SSSR count). The number of rotatable bonds is 5. The van der Waals surface area contributed by atoms with Gasteiger partial charge in [-0.1, -0.05) is 18.2 Å². The lowest BCUT2D eigenvalue weighted by atomic mass is 10.0. The lowest BCUT2D eigenvalue weighted by molar-refractivity contribution is -0.131. The first kappa shape index (κ1) is 20.6. The molecule has 30 heavy (non-hydrogen) atoms. The predicted molar refractivity (Wildman–Crippen MR) is 114 cm³/mol. The van der Waals surface area contributed by atoms with Crippen molar-refractivity contribution in [3.63, 3.8) is 0 Å². The smallest absolute Gasteiger partial charge is 0.255 e. The quantitative estimate of drug-likeness (QED) is 0.819. The van der Waals surface area contributed by atoms with Gasteiger partial charge in [0.2, 0.25) is 5.91 Å². The highest BCUT2D eigenvalue weighted by molar-refractivity contribution is 5.80. The number of aromatic amines is 1. The van der Waals surface area contributed by atoms with Gasteiger partial charge < -0.3 is 14.6 Å². The monoisotopic (exact) mass is 410 g/mol. The van der Waals surface area contributed by atoms with Crippen LogP contribution >= 0.6 is 0 Å². The molecule has 0 spiro atoms. The summed E-state index contributed by atoms with van der Waals surface area (Å²) < 4.78 is 5.39. The fourth-order valence-corrected chi connectivity index (χ4v) is 4.53. The molecular formula is C23H30N4O3. The number of para-hydroxylation sites is 1. The molecule has 7 heteroatoms. The lowest BCUT2D eigenvalue weighted by Gasteiger charge is -2.31. The van der Waals surface area contributed by atoms with Crippen molar-refractivity contribution in [2.45, 2.75) is 58.2 Å². The minimum Gasteiger partial charge on any atom is -0.496 e. The first-order valence-electron chi connectivity index (χ1n) is 10.7. The Hall–Kier alpha value is -2.67. The van der Waals surface area contributed by atoms with E-state index in [9.17, 15) is 9.59 Å². The van der Waals surface area contributed by atoms with E-state index in [2.05, 4.69) is 23.7 Å². The van der Waals surface area contributed by atoms with Crippen molar-refractivity contribution in [2.24, 2.45) is 0 Å². The Labute approximate surface area is 177 Å². The van der Waals surface area contributed by atoms with Gasteiger partial charge in [-0.3, -0.25) is 14.5 Å². The summed E-state index contributed by atoms with van der Waals surface area (Å²) in [5.41, 5.74) is 2.46. The minimum atomic E-state index is -0.173. The summed E-state index contributed by atoms with van der Waals surface area (Å²) >= 11 is 0. The van der Waals surface area contributed by atoms with Gasteiger partial charge in [0.25, 0.3) is 5.56 Å². The van der Waals surface area contributed by atoms with E-state index in [0.29, 0.717) is 25.0 Å². The van der Waals surface area contributed by atoms with Crippen LogP contribution in [0.25, 0.3) is 0 Å². The molecule has 0 aliphatic carbocycles. The van der Waals surface area contributed by atoms with Crippen molar-refractivity contribution in [3.8, 4) is 5.75 Å². The average molecular weight is 411 g/mol. The van der Waals surface area contributed by atoms with Gasteiger partial charge >= 0.3 is 0 Å². The van der Waals surface area contributed by atoms with Gasteiger partial charge in [-0.25, -0.2) is 4.98 Å². The first-order valence-corrected chi connectivity index (χ1v) is 10.7. The zero-order valence-corrected chi connectivity index (χ0v) is 18.0. The highest BCUT2D eigenvalue weighted by atomic mass is 16.5. The van der Waals surface area contributed by atoms with Crippen LogP contribution in [0.3, 0.4) is 0 Å². The number of nitrogens with one attached hydrogen (secondary N) is 1. The average Bonchev–Trinajstić information content (AvgIpc) is 3.24. The number of carbonyl (C=O) groups is 1. The molecule has 3 heterocycles. The summed E-state index contributed by atoms with van der Waals surface area (Å²) in [6, 6.07) is 7.82. The number of H-pyrrole nitrogens is 1. The van der Waals surface area contributed by atoms with E-state index in [1.165, 1.54) is 0 Å². The maximum Gasteiger partial charge on any atom is 0.255 e. The number of aromatic nitrogens is 2. The third kappa shape index (κ3) is 3.99. The van der Waals surface area contributed by atoms with Crippen LogP contribution in [0.15, 0.2) is 29.1 Å². The van der Waals surface area contributed by atoms with Crippen LogP contribution in [0.4, 0.5) is 0 Å². The number of likely N-dealkylation sites (tertiary alicyclic amines) is 1. The molecule has 1 N–H and O–H groups in total. The second-order valence-electron chi connectivity index (χ2n) is 8.42. The van der Waals surface area contributed by atoms with Gasteiger partial charge in [-0.15, -0.1) is 0 Å². The predicted octanol–water partition coefficient (Wildman–Crippen LogP) is 2.45. The number of methoxy groups -OCH3 is 1. The molecule has 2 aromatic rings. The van der Waals surface area contributed by atoms with Gasteiger partial charge in [0.15, 0.2) is 0 Å². The number of ether oxygens (including phenoxy) is 1. The van der Waals surface area contributed by atoms with Gasteiger partial charge in [0.05, 0.1) is 30.8 Å². The Kier molecular flexibility index (Phi) is 5.90. The zero-order chi connectivity index (χ0) is 21.3. The molecule has 1 aromatic heterocycles. The van der Waals surface area contributed by atoms with Crippen LogP contribution in [0.5, 0.6) is 5.75 Å². The second-order valence-corrected chi connectivity index (χ2v) is 8.42. The van der Waals surface area contributed by atoms with Gasteiger partial charge in [0, 0.05) is 37.7 Å². The molecule has 1 atom stereocenters. The molecule has 0 radical (unpaired) electrons. The van der Waals surface area contributed by atoms with Crippen LogP contribution in [-0.4, -0.2) is 51.9 Å². The van der Waals surface area contributed by atoms with Crippen molar-refractivity contribution < 1.29 is 9.53 Å². The normalized spacial score (nSPS) is 19.2. The molecule has 160 valence electrons. The largest absolute Gasteiger partial charge is 0.496 e. The molecule has 1 amide bonds. The Morgan fingerprint density at radius 3 is 2.87 bits per heavy atom. The number of fused-ring (bicyclic) bond motifs is 1. The summed E-state index contributed by atoms with van der Waals surface area (Å²) in [5, 5.41) is 0. The molecule has 1 fully saturated rings. The van der Waals surface area contributed by atoms with E-state index in [0.717, 1.165) is 48.4 Å². The summed E-state index contributed by atoms with van der Waals surface area (Å²) in [6.45, 7) is 6.51. The number of benzene rings is 1.